The number of carboxylic acid groups (broad SMARTS) is 3. The number of rotatable bonds is 25. The normalized spacial score (nSPS) is 17.3. The van der Waals surface area contributed by atoms with Gasteiger partial charge in [-0.05, 0) is 38.5 Å². The van der Waals surface area contributed by atoms with Crippen molar-refractivity contribution in [2.24, 2.45) is 11.5 Å². The maximum absolute atomic E-state index is 13.5. The van der Waals surface area contributed by atoms with Gasteiger partial charge in [0.05, 0.1) is 69.5 Å². The van der Waals surface area contributed by atoms with Crippen LogP contribution in [0.4, 0.5) is 0 Å². The number of nitrogens with one attached hydrogen (secondary N) is 2. The molecule has 0 radical (unpaired) electrons. The van der Waals surface area contributed by atoms with E-state index in [0.717, 1.165) is 0 Å². The minimum Gasteiger partial charge on any atom is -0.748 e. The molecule has 0 aromatic carbocycles. The number of nitrogens with zero attached hydrogens (tertiary/aromatic N) is 5. The molecule has 22 heteroatoms. The number of hydrogen-bond donors (Lipinski definition) is 7. The van der Waals surface area contributed by atoms with E-state index in [1.165, 1.54) is 0 Å². The number of carbonyl (C=O) groups is 6. The molecule has 21 nitrogen and oxygen atoms in total. The van der Waals surface area contributed by atoms with Crippen molar-refractivity contribution in [2.75, 3.05) is 118 Å². The number of aliphatic carboxylic acids is 3. The molecule has 0 aromatic heterocycles. The van der Waals surface area contributed by atoms with Gasteiger partial charge in [-0.15, -0.1) is 0 Å². The summed E-state index contributed by atoms with van der Waals surface area (Å²) in [5.41, 5.74) is 10.9. The third-order valence-corrected chi connectivity index (χ3v) is 10.1. The van der Waals surface area contributed by atoms with Crippen molar-refractivity contribution in [3.05, 3.63) is 0 Å². The first-order chi connectivity index (χ1) is 25.7. The highest BCUT2D eigenvalue weighted by atomic mass is 32.2. The lowest BCUT2D eigenvalue weighted by Gasteiger charge is -2.33. The molecule has 0 spiro atoms. The number of amides is 3. The van der Waals surface area contributed by atoms with E-state index in [-0.39, 0.29) is 97.9 Å². The van der Waals surface area contributed by atoms with Crippen LogP contribution in [-0.4, -0.2) is 218 Å². The van der Waals surface area contributed by atoms with Crippen LogP contribution in [0.3, 0.4) is 0 Å². The molecule has 3 amide bonds. The first-order valence-corrected chi connectivity index (χ1v) is 20.2. The van der Waals surface area contributed by atoms with Crippen LogP contribution in [0.2, 0.25) is 0 Å². The Balaban J connectivity index is 3.05. The summed E-state index contributed by atoms with van der Waals surface area (Å²) in [6.07, 6.45) is 3.06. The van der Waals surface area contributed by atoms with Gasteiger partial charge in [-0.2, -0.15) is 0 Å². The topological polar surface area (TPSA) is 309 Å². The van der Waals surface area contributed by atoms with E-state index >= 15 is 0 Å². The summed E-state index contributed by atoms with van der Waals surface area (Å²) in [4.78, 5) is 79.5. The van der Waals surface area contributed by atoms with Crippen molar-refractivity contribution < 1.29 is 61.5 Å². The molecule has 9 N–H and O–H groups in total. The van der Waals surface area contributed by atoms with Gasteiger partial charge in [-0.3, -0.25) is 48.4 Å². The van der Waals surface area contributed by atoms with Gasteiger partial charge in [-0.1, -0.05) is 0 Å². The second-order valence-electron chi connectivity index (χ2n) is 14.7. The van der Waals surface area contributed by atoms with Crippen LogP contribution in [-0.2, 0) is 38.9 Å². The average Bonchev–Trinajstić information content (AvgIpc) is 3.05. The van der Waals surface area contributed by atoms with Crippen LogP contribution in [0.1, 0.15) is 44.9 Å². The summed E-state index contributed by atoms with van der Waals surface area (Å²) in [5.74, 6) is -5.17. The second kappa shape index (κ2) is 25.6. The van der Waals surface area contributed by atoms with Crippen LogP contribution < -0.4 is 22.1 Å². The highest BCUT2D eigenvalue weighted by Gasteiger charge is 2.25. The molecule has 0 aliphatic carbocycles. The molecule has 2 atom stereocenters. The Bertz CT molecular complexity index is 1320. The maximum Gasteiger partial charge on any atom is 0.317 e. The number of primary amides is 1. The fourth-order valence-corrected chi connectivity index (χ4v) is 6.62. The van der Waals surface area contributed by atoms with Crippen molar-refractivity contribution in [3.8, 4) is 0 Å². The van der Waals surface area contributed by atoms with Crippen LogP contribution >= 0.6 is 0 Å². The van der Waals surface area contributed by atoms with Crippen LogP contribution in [0.15, 0.2) is 0 Å². The van der Waals surface area contributed by atoms with Crippen molar-refractivity contribution in [1.29, 1.82) is 0 Å². The molecule has 1 heterocycles. The molecule has 55 heavy (non-hydrogen) atoms. The van der Waals surface area contributed by atoms with Crippen LogP contribution in [0.5, 0.6) is 0 Å². The summed E-state index contributed by atoms with van der Waals surface area (Å²) < 4.78 is 33.5. The van der Waals surface area contributed by atoms with Gasteiger partial charge in [0.1, 0.15) is 6.04 Å². The van der Waals surface area contributed by atoms with E-state index in [1.54, 1.807) is 19.6 Å². The molecule has 1 fully saturated rings. The molecule has 0 bridgehead atoms. The monoisotopic (exact) mass is 809 g/mol. The van der Waals surface area contributed by atoms with Gasteiger partial charge >= 0.3 is 17.9 Å². The zero-order valence-electron chi connectivity index (χ0n) is 32.2. The summed E-state index contributed by atoms with van der Waals surface area (Å²) in [5, 5.41) is 34.0. The summed E-state index contributed by atoms with van der Waals surface area (Å²) in [6.45, 7) is 2.07. The van der Waals surface area contributed by atoms with E-state index in [9.17, 15) is 57.1 Å². The highest BCUT2D eigenvalue weighted by molar-refractivity contribution is 7.85. The van der Waals surface area contributed by atoms with E-state index < -0.39 is 63.6 Å². The largest absolute Gasteiger partial charge is 0.748 e. The number of hydrogen-bond acceptors (Lipinski definition) is 14. The Kier molecular flexibility index (Phi) is 23.1. The second-order valence-corrected chi connectivity index (χ2v) is 16.2. The van der Waals surface area contributed by atoms with Gasteiger partial charge in [0.15, 0.2) is 0 Å². The molecular weight excluding hydrogens is 746 g/mol. The van der Waals surface area contributed by atoms with Gasteiger partial charge in [0.2, 0.25) is 17.7 Å². The van der Waals surface area contributed by atoms with Crippen molar-refractivity contribution in [3.63, 3.8) is 0 Å². The minimum absolute atomic E-state index is 0.172. The molecule has 1 rings (SSSR count). The lowest BCUT2D eigenvalue weighted by atomic mass is 10.1. The number of quaternary nitrogens is 1. The minimum atomic E-state index is -4.31. The molecule has 0 unspecified atom stereocenters. The first kappa shape index (κ1) is 49.5. The van der Waals surface area contributed by atoms with E-state index in [4.69, 9.17) is 11.5 Å². The van der Waals surface area contributed by atoms with Crippen LogP contribution in [0.25, 0.3) is 0 Å². The van der Waals surface area contributed by atoms with Gasteiger partial charge in [0, 0.05) is 71.1 Å². The third-order valence-electron chi connectivity index (χ3n) is 9.30. The fourth-order valence-electron chi connectivity index (χ4n) is 6.13. The number of carboxylic acids is 3. The van der Waals surface area contributed by atoms with Crippen molar-refractivity contribution in [1.82, 2.24) is 30.2 Å². The molecule has 318 valence electrons. The Morgan fingerprint density at radius 2 is 1.11 bits per heavy atom. The molecule has 0 saturated carbocycles. The van der Waals surface area contributed by atoms with Gasteiger partial charge in [-0.25, -0.2) is 8.42 Å². The zero-order valence-corrected chi connectivity index (χ0v) is 33.0. The molecule has 1 saturated heterocycles. The smallest absolute Gasteiger partial charge is 0.317 e. The predicted octanol–water partition coefficient (Wildman–Crippen LogP) is -3.77. The highest BCUT2D eigenvalue weighted by Crippen LogP contribution is 2.09. The Morgan fingerprint density at radius 3 is 1.53 bits per heavy atom. The summed E-state index contributed by atoms with van der Waals surface area (Å²) in [6, 6.07) is -1.71. The molecular formula is C33H63N9O12S. The summed E-state index contributed by atoms with van der Waals surface area (Å²) >= 11 is 0. The van der Waals surface area contributed by atoms with Gasteiger partial charge < -0.3 is 46.5 Å². The molecule has 0 aromatic rings. The van der Waals surface area contributed by atoms with E-state index in [0.29, 0.717) is 49.7 Å². The zero-order chi connectivity index (χ0) is 41.6. The maximum atomic E-state index is 13.5. The number of carbonyl (C=O) groups excluding carboxylic acids is 3. The van der Waals surface area contributed by atoms with Crippen LogP contribution in [0, 0.1) is 0 Å². The molecule has 1 aliphatic rings. The predicted molar refractivity (Wildman–Crippen MR) is 200 cm³/mol. The van der Waals surface area contributed by atoms with E-state index in [1.807, 2.05) is 14.1 Å². The lowest BCUT2D eigenvalue weighted by molar-refractivity contribution is -0.890. The quantitative estimate of drug-likeness (QED) is 0.0264. The van der Waals surface area contributed by atoms with Crippen molar-refractivity contribution >= 4 is 45.7 Å². The standard InChI is InChI=1S/C33H63N9O12S/c1-42(2,20-7-21-55(52,53)54)19-6-4-9-27(33(51)36-10-5-3-8-26(34)32(35)50)37-28(43)22-38-11-13-39(23-29(44)45)15-17-41(25-31(48)49)18-16-40(14-12-38)24-30(46)47/h26-27H,3-25,34H2,1-2H3,(H7-,35,36,37,43,44,45,46,47,48,49,50,51,52,53,54)/t26-,27-/m0/s1. The third kappa shape index (κ3) is 25.3. The number of nitrogens with two attached hydrogens (primary N) is 2. The first-order valence-electron chi connectivity index (χ1n) is 18.6. The van der Waals surface area contributed by atoms with Gasteiger partial charge in [0.25, 0.3) is 0 Å². The SMILES string of the molecule is C[N+](C)(CCCC[C@H](NC(=O)CN1CCN(CC(=O)O)CCN(CC(=O)O)CCN(CC(=O)O)CC1)C(=O)NCCCC[C@H](N)C(N)=O)CCCS(=O)(=O)[O-]. The Labute approximate surface area is 323 Å². The Morgan fingerprint density at radius 1 is 0.691 bits per heavy atom. The average molecular weight is 810 g/mol. The van der Waals surface area contributed by atoms with Crippen molar-refractivity contribution in [2.45, 2.75) is 57.0 Å². The molecule has 1 aliphatic heterocycles. The Hall–Kier alpha value is -3.51. The van der Waals surface area contributed by atoms with E-state index in [2.05, 4.69) is 10.6 Å². The lowest BCUT2D eigenvalue weighted by Crippen LogP contribution is -2.52. The fraction of sp³-hybridized carbons (Fsp3) is 0.818. The summed E-state index contributed by atoms with van der Waals surface area (Å²) in [7, 11) is -0.494. The number of unbranched alkanes of at least 4 members (excludes halogenated alkanes) is 2.